The highest BCUT2D eigenvalue weighted by molar-refractivity contribution is 8.01. The molecule has 6 nitrogen and oxygen atoms in total. The van der Waals surface area contributed by atoms with Crippen LogP contribution in [0.3, 0.4) is 0 Å². The van der Waals surface area contributed by atoms with Crippen molar-refractivity contribution in [1.29, 1.82) is 0 Å². The quantitative estimate of drug-likeness (QED) is 0.497. The Morgan fingerprint density at radius 3 is 2.46 bits per heavy atom. The summed E-state index contributed by atoms with van der Waals surface area (Å²) < 4.78 is 5.16. The lowest BCUT2D eigenvalue weighted by Gasteiger charge is -2.18. The Hall–Kier alpha value is -1.93. The van der Waals surface area contributed by atoms with E-state index in [2.05, 4.69) is 41.0 Å². The number of ether oxygens (including phenoxy) is 1. The summed E-state index contributed by atoms with van der Waals surface area (Å²) in [5.41, 5.74) is 1.76. The van der Waals surface area contributed by atoms with Crippen LogP contribution in [-0.4, -0.2) is 34.9 Å². The average Bonchev–Trinajstić information content (AvgIpc) is 2.99. The van der Waals surface area contributed by atoms with Gasteiger partial charge in [0.25, 0.3) is 5.91 Å². The second-order valence-electron chi connectivity index (χ2n) is 6.02. The molecule has 0 atom stereocenters. The molecule has 0 fully saturated rings. The smallest absolute Gasteiger partial charge is 0.316 e. The lowest BCUT2D eigenvalue weighted by molar-refractivity contribution is -0.137. The Morgan fingerprint density at radius 1 is 1.21 bits per heavy atom. The van der Waals surface area contributed by atoms with Crippen molar-refractivity contribution in [3.05, 3.63) is 35.4 Å². The van der Waals surface area contributed by atoms with E-state index in [1.165, 1.54) is 30.2 Å². The number of amides is 1. The molecular formula is C16H19N3O3S2. The van der Waals surface area contributed by atoms with E-state index in [9.17, 15) is 9.59 Å². The molecule has 0 saturated carbocycles. The monoisotopic (exact) mass is 365 g/mol. The number of rotatable bonds is 5. The fourth-order valence-corrected chi connectivity index (χ4v) is 3.37. The molecule has 2 aromatic rings. The van der Waals surface area contributed by atoms with Crippen molar-refractivity contribution in [2.45, 2.75) is 30.5 Å². The predicted molar refractivity (Wildman–Crippen MR) is 95.7 cm³/mol. The predicted octanol–water partition coefficient (Wildman–Crippen LogP) is 3.35. The number of nitrogens with zero attached hydrogens (tertiary/aromatic N) is 2. The molecule has 2 rings (SSSR count). The Kier molecular flexibility index (Phi) is 5.95. The highest BCUT2D eigenvalue weighted by atomic mass is 32.2. The molecule has 0 bridgehead atoms. The van der Waals surface area contributed by atoms with E-state index >= 15 is 0 Å². The van der Waals surface area contributed by atoms with Crippen LogP contribution >= 0.6 is 23.1 Å². The Balaban J connectivity index is 1.97. The van der Waals surface area contributed by atoms with Crippen molar-refractivity contribution in [3.8, 4) is 0 Å². The van der Waals surface area contributed by atoms with E-state index in [4.69, 9.17) is 0 Å². The first-order chi connectivity index (χ1) is 11.3. The summed E-state index contributed by atoms with van der Waals surface area (Å²) in [6, 6.07) is 7.49. The molecule has 0 aliphatic carbocycles. The van der Waals surface area contributed by atoms with Crippen LogP contribution in [0.2, 0.25) is 0 Å². The van der Waals surface area contributed by atoms with Crippen molar-refractivity contribution >= 4 is 40.1 Å². The minimum absolute atomic E-state index is 0.0417. The van der Waals surface area contributed by atoms with Gasteiger partial charge in [0.2, 0.25) is 5.13 Å². The number of methoxy groups -OCH3 is 1. The number of hydrogen-bond donors (Lipinski definition) is 1. The first-order valence-electron chi connectivity index (χ1n) is 7.24. The maximum Gasteiger partial charge on any atom is 0.316 e. The van der Waals surface area contributed by atoms with Crippen LogP contribution in [0.15, 0.2) is 28.6 Å². The standard InChI is InChI=1S/C16H19N3O3S2/c1-16(2,3)11-7-5-10(6-8-11)13(21)17-14-18-19-15(24-14)23-9-12(20)22-4/h5-8H,9H2,1-4H3,(H,17,18,21). The van der Waals surface area contributed by atoms with Gasteiger partial charge in [-0.2, -0.15) is 0 Å². The van der Waals surface area contributed by atoms with Crippen LogP contribution in [-0.2, 0) is 14.9 Å². The van der Waals surface area contributed by atoms with E-state index in [0.29, 0.717) is 15.0 Å². The van der Waals surface area contributed by atoms with Gasteiger partial charge in [-0.3, -0.25) is 14.9 Å². The van der Waals surface area contributed by atoms with Crippen molar-refractivity contribution in [2.24, 2.45) is 0 Å². The number of carbonyl (C=O) groups is 2. The van der Waals surface area contributed by atoms with Gasteiger partial charge in [0.05, 0.1) is 12.9 Å². The fraction of sp³-hybridized carbons (Fsp3) is 0.375. The number of anilines is 1. The number of esters is 1. The first kappa shape index (κ1) is 18.4. The highest BCUT2D eigenvalue weighted by Gasteiger charge is 2.15. The molecule has 1 heterocycles. The van der Waals surface area contributed by atoms with Crippen molar-refractivity contribution in [1.82, 2.24) is 10.2 Å². The zero-order valence-electron chi connectivity index (χ0n) is 14.0. The highest BCUT2D eigenvalue weighted by Crippen LogP contribution is 2.26. The maximum atomic E-state index is 12.2. The van der Waals surface area contributed by atoms with Gasteiger partial charge < -0.3 is 4.74 Å². The Labute approximate surface area is 149 Å². The minimum atomic E-state index is -0.334. The number of nitrogens with one attached hydrogen (secondary N) is 1. The molecule has 128 valence electrons. The topological polar surface area (TPSA) is 81.2 Å². The molecule has 1 N–H and O–H groups in total. The third-order valence-electron chi connectivity index (χ3n) is 3.18. The van der Waals surface area contributed by atoms with Crippen molar-refractivity contribution in [3.63, 3.8) is 0 Å². The molecule has 24 heavy (non-hydrogen) atoms. The largest absolute Gasteiger partial charge is 0.468 e. The summed E-state index contributed by atoms with van der Waals surface area (Å²) in [5, 5.41) is 10.9. The molecule has 0 radical (unpaired) electrons. The summed E-state index contributed by atoms with van der Waals surface area (Å²) in [4.78, 5) is 23.3. The molecule has 1 aromatic carbocycles. The number of benzene rings is 1. The van der Waals surface area contributed by atoms with Gasteiger partial charge >= 0.3 is 5.97 Å². The lowest BCUT2D eigenvalue weighted by Crippen LogP contribution is -2.14. The zero-order chi connectivity index (χ0) is 17.7. The van der Waals surface area contributed by atoms with Gasteiger partial charge in [0.1, 0.15) is 0 Å². The zero-order valence-corrected chi connectivity index (χ0v) is 15.6. The molecule has 1 amide bonds. The molecule has 0 aliphatic rings. The first-order valence-corrected chi connectivity index (χ1v) is 9.05. The van der Waals surface area contributed by atoms with Crippen molar-refractivity contribution < 1.29 is 14.3 Å². The minimum Gasteiger partial charge on any atom is -0.468 e. The lowest BCUT2D eigenvalue weighted by atomic mass is 9.87. The van der Waals surface area contributed by atoms with Gasteiger partial charge in [-0.05, 0) is 23.1 Å². The van der Waals surface area contributed by atoms with Crippen LogP contribution in [0.25, 0.3) is 0 Å². The SMILES string of the molecule is COC(=O)CSc1nnc(NC(=O)c2ccc(C(C)(C)C)cc2)s1. The molecule has 0 unspecified atom stereocenters. The van der Waals surface area contributed by atoms with E-state index < -0.39 is 0 Å². The van der Waals surface area contributed by atoms with Gasteiger partial charge in [-0.25, -0.2) is 0 Å². The average molecular weight is 365 g/mol. The fourth-order valence-electron chi connectivity index (χ4n) is 1.79. The van der Waals surface area contributed by atoms with E-state index in [0.717, 1.165) is 5.56 Å². The van der Waals surface area contributed by atoms with Gasteiger partial charge in [-0.15, -0.1) is 10.2 Å². The van der Waals surface area contributed by atoms with E-state index in [1.807, 2.05) is 12.1 Å². The van der Waals surface area contributed by atoms with Crippen LogP contribution in [0.1, 0.15) is 36.7 Å². The van der Waals surface area contributed by atoms with Crippen LogP contribution in [0.5, 0.6) is 0 Å². The molecule has 0 saturated heterocycles. The number of aromatic nitrogens is 2. The van der Waals surface area contributed by atoms with Gasteiger partial charge in [0, 0.05) is 5.56 Å². The summed E-state index contributed by atoms with van der Waals surface area (Å²) >= 11 is 2.44. The van der Waals surface area contributed by atoms with Crippen LogP contribution < -0.4 is 5.32 Å². The van der Waals surface area contributed by atoms with Crippen LogP contribution in [0.4, 0.5) is 5.13 Å². The van der Waals surface area contributed by atoms with Gasteiger partial charge in [-0.1, -0.05) is 56.0 Å². The summed E-state index contributed by atoms with van der Waals surface area (Å²) in [5.74, 6) is -0.413. The summed E-state index contributed by atoms with van der Waals surface area (Å²) in [6.07, 6.45) is 0. The summed E-state index contributed by atoms with van der Waals surface area (Å²) in [6.45, 7) is 6.37. The van der Waals surface area contributed by atoms with Gasteiger partial charge in [0.15, 0.2) is 4.34 Å². The van der Waals surface area contributed by atoms with E-state index in [-0.39, 0.29) is 23.0 Å². The molecule has 0 aliphatic heterocycles. The molecule has 0 spiro atoms. The number of carbonyl (C=O) groups excluding carboxylic acids is 2. The second-order valence-corrected chi connectivity index (χ2v) is 8.22. The third-order valence-corrected chi connectivity index (χ3v) is 5.13. The number of hydrogen-bond acceptors (Lipinski definition) is 7. The normalized spacial score (nSPS) is 11.2. The molecule has 1 aromatic heterocycles. The van der Waals surface area contributed by atoms with E-state index in [1.54, 1.807) is 12.1 Å². The Morgan fingerprint density at radius 2 is 1.88 bits per heavy atom. The molecular weight excluding hydrogens is 346 g/mol. The Bertz CT molecular complexity index is 721. The van der Waals surface area contributed by atoms with Crippen LogP contribution in [0, 0.1) is 0 Å². The summed E-state index contributed by atoms with van der Waals surface area (Å²) in [7, 11) is 1.33. The van der Waals surface area contributed by atoms with Crippen molar-refractivity contribution in [2.75, 3.05) is 18.2 Å². The third kappa shape index (κ3) is 5.04. The maximum absolute atomic E-state index is 12.2. The molecule has 8 heteroatoms. The number of thioether (sulfide) groups is 1. The second kappa shape index (κ2) is 7.76.